The molecule has 0 bridgehead atoms. The molecule has 0 saturated carbocycles. The van der Waals surface area contributed by atoms with Crippen LogP contribution in [0.3, 0.4) is 0 Å². The maximum atomic E-state index is 6.32. The van der Waals surface area contributed by atoms with Crippen LogP contribution in [0.1, 0.15) is 31.4 Å². The van der Waals surface area contributed by atoms with E-state index in [1.54, 1.807) is 20.3 Å². The number of benzene rings is 2. The van der Waals surface area contributed by atoms with Gasteiger partial charge < -0.3 is 19.5 Å². The van der Waals surface area contributed by atoms with E-state index < -0.39 is 0 Å². The first kappa shape index (κ1) is 20.4. The van der Waals surface area contributed by atoms with Crippen molar-refractivity contribution in [3.05, 3.63) is 52.5 Å². The van der Waals surface area contributed by atoms with Crippen LogP contribution >= 0.6 is 11.6 Å². The molecule has 2 aromatic rings. The fraction of sp³-hybridized carbons (Fsp3) is 0.429. The molecule has 0 radical (unpaired) electrons. The first-order valence-corrected chi connectivity index (χ1v) is 9.24. The summed E-state index contributed by atoms with van der Waals surface area (Å²) in [7, 11) is 3.22. The van der Waals surface area contributed by atoms with Crippen LogP contribution < -0.4 is 19.5 Å². The van der Waals surface area contributed by atoms with Gasteiger partial charge in [-0.25, -0.2) is 0 Å². The Kier molecular flexibility index (Phi) is 8.07. The van der Waals surface area contributed by atoms with Crippen molar-refractivity contribution in [3.63, 3.8) is 0 Å². The fourth-order valence-electron chi connectivity index (χ4n) is 2.49. The quantitative estimate of drug-likeness (QED) is 0.627. The van der Waals surface area contributed by atoms with E-state index in [9.17, 15) is 0 Å². The Hall–Kier alpha value is -1.91. The van der Waals surface area contributed by atoms with Crippen LogP contribution in [0.2, 0.25) is 5.02 Å². The zero-order chi connectivity index (χ0) is 18.9. The summed E-state index contributed by atoms with van der Waals surface area (Å²) < 4.78 is 16.3. The molecule has 0 aliphatic carbocycles. The van der Waals surface area contributed by atoms with Crippen LogP contribution in [-0.4, -0.2) is 20.8 Å². The number of hydrogen-bond acceptors (Lipinski definition) is 4. The van der Waals surface area contributed by atoms with Gasteiger partial charge in [-0.2, -0.15) is 0 Å². The van der Waals surface area contributed by atoms with Gasteiger partial charge in [-0.15, -0.1) is 0 Å². The molecular weight excluding hydrogens is 350 g/mol. The van der Waals surface area contributed by atoms with Crippen molar-refractivity contribution >= 4 is 11.6 Å². The van der Waals surface area contributed by atoms with E-state index >= 15 is 0 Å². The Labute approximate surface area is 161 Å². The summed E-state index contributed by atoms with van der Waals surface area (Å²) in [6.45, 7) is 6.54. The van der Waals surface area contributed by atoms with Crippen LogP contribution in [0.25, 0.3) is 0 Å². The van der Waals surface area contributed by atoms with Crippen molar-refractivity contribution in [1.29, 1.82) is 0 Å². The van der Waals surface area contributed by atoms with Crippen LogP contribution in [0.15, 0.2) is 36.4 Å². The Morgan fingerprint density at radius 3 is 2.23 bits per heavy atom. The van der Waals surface area contributed by atoms with Crippen LogP contribution in [-0.2, 0) is 13.1 Å². The third kappa shape index (κ3) is 6.11. The standard InChI is InChI=1S/C21H28ClNO3/c1-15(2)9-10-26-18-7-5-16(6-8-18)13-23-14-17-11-20(24-3)21(25-4)12-19(17)22/h5-8,11-12,15,23H,9-10,13-14H2,1-4H3. The van der Waals surface area contributed by atoms with E-state index in [1.165, 1.54) is 5.56 Å². The summed E-state index contributed by atoms with van der Waals surface area (Å²) in [5.41, 5.74) is 2.16. The van der Waals surface area contributed by atoms with Crippen molar-refractivity contribution in [1.82, 2.24) is 5.32 Å². The highest BCUT2D eigenvalue weighted by Crippen LogP contribution is 2.33. The van der Waals surface area contributed by atoms with E-state index in [0.29, 0.717) is 29.0 Å². The lowest BCUT2D eigenvalue weighted by Crippen LogP contribution is -2.13. The molecule has 0 unspecified atom stereocenters. The van der Waals surface area contributed by atoms with Gasteiger partial charge in [0.25, 0.3) is 0 Å². The number of rotatable bonds is 10. The van der Waals surface area contributed by atoms with Crippen molar-refractivity contribution < 1.29 is 14.2 Å². The molecule has 0 heterocycles. The normalized spacial score (nSPS) is 10.8. The number of ether oxygens (including phenoxy) is 3. The second kappa shape index (κ2) is 10.3. The molecular formula is C21H28ClNO3. The average molecular weight is 378 g/mol. The van der Waals surface area contributed by atoms with E-state index in [2.05, 4.69) is 31.3 Å². The van der Waals surface area contributed by atoms with Crippen LogP contribution in [0.4, 0.5) is 0 Å². The first-order chi connectivity index (χ1) is 12.5. The Bertz CT molecular complexity index is 686. The maximum absolute atomic E-state index is 6.32. The minimum atomic E-state index is 0.634. The largest absolute Gasteiger partial charge is 0.494 e. The smallest absolute Gasteiger partial charge is 0.162 e. The van der Waals surface area contributed by atoms with Crippen LogP contribution in [0.5, 0.6) is 17.2 Å². The monoisotopic (exact) mass is 377 g/mol. The van der Waals surface area contributed by atoms with Gasteiger partial charge in [0, 0.05) is 24.2 Å². The number of hydrogen-bond donors (Lipinski definition) is 1. The number of nitrogens with one attached hydrogen (secondary N) is 1. The highest BCUT2D eigenvalue weighted by atomic mass is 35.5. The Balaban J connectivity index is 1.86. The van der Waals surface area contributed by atoms with E-state index in [4.69, 9.17) is 25.8 Å². The van der Waals surface area contributed by atoms with Crippen molar-refractivity contribution in [2.45, 2.75) is 33.4 Å². The van der Waals surface area contributed by atoms with Gasteiger partial charge in [0.05, 0.1) is 20.8 Å². The number of methoxy groups -OCH3 is 2. The molecule has 0 aliphatic heterocycles. The average Bonchev–Trinajstić information content (AvgIpc) is 2.63. The SMILES string of the molecule is COc1cc(Cl)c(CNCc2ccc(OCCC(C)C)cc2)cc1OC. The molecule has 0 aromatic heterocycles. The van der Waals surface area contributed by atoms with Gasteiger partial charge in [0.15, 0.2) is 11.5 Å². The summed E-state index contributed by atoms with van der Waals surface area (Å²) in [6, 6.07) is 11.9. The zero-order valence-electron chi connectivity index (χ0n) is 16.0. The van der Waals surface area contributed by atoms with Gasteiger partial charge in [-0.1, -0.05) is 37.6 Å². The maximum Gasteiger partial charge on any atom is 0.162 e. The summed E-state index contributed by atoms with van der Waals surface area (Å²) in [5, 5.41) is 4.06. The predicted octanol–water partition coefficient (Wildman–Crippen LogP) is 5.07. The highest BCUT2D eigenvalue weighted by molar-refractivity contribution is 6.31. The van der Waals surface area contributed by atoms with Gasteiger partial charge in [0.2, 0.25) is 0 Å². The molecule has 142 valence electrons. The summed E-state index contributed by atoms with van der Waals surface area (Å²) in [4.78, 5) is 0. The molecule has 2 rings (SSSR count). The lowest BCUT2D eigenvalue weighted by Gasteiger charge is -2.13. The van der Waals surface area contributed by atoms with Crippen molar-refractivity contribution in [3.8, 4) is 17.2 Å². The Morgan fingerprint density at radius 1 is 0.962 bits per heavy atom. The molecule has 5 heteroatoms. The van der Waals surface area contributed by atoms with Crippen molar-refractivity contribution in [2.24, 2.45) is 5.92 Å². The highest BCUT2D eigenvalue weighted by Gasteiger charge is 2.09. The molecule has 0 saturated heterocycles. The molecule has 0 atom stereocenters. The van der Waals surface area contributed by atoms with Gasteiger partial charge >= 0.3 is 0 Å². The molecule has 2 aromatic carbocycles. The topological polar surface area (TPSA) is 39.7 Å². The fourth-order valence-corrected chi connectivity index (χ4v) is 2.71. The summed E-state index contributed by atoms with van der Waals surface area (Å²) >= 11 is 6.32. The minimum Gasteiger partial charge on any atom is -0.494 e. The van der Waals surface area contributed by atoms with Gasteiger partial charge in [0.1, 0.15) is 5.75 Å². The second-order valence-corrected chi connectivity index (χ2v) is 6.98. The third-order valence-electron chi connectivity index (χ3n) is 4.08. The van der Waals surface area contributed by atoms with E-state index in [0.717, 1.165) is 30.9 Å². The lowest BCUT2D eigenvalue weighted by atomic mass is 10.1. The lowest BCUT2D eigenvalue weighted by molar-refractivity contribution is 0.289. The summed E-state index contributed by atoms with van der Waals surface area (Å²) in [6.07, 6.45) is 1.06. The summed E-state index contributed by atoms with van der Waals surface area (Å²) in [5.74, 6) is 2.88. The van der Waals surface area contributed by atoms with E-state index in [1.807, 2.05) is 18.2 Å². The molecule has 4 nitrogen and oxygen atoms in total. The van der Waals surface area contributed by atoms with Crippen LogP contribution in [0, 0.1) is 5.92 Å². The minimum absolute atomic E-state index is 0.634. The van der Waals surface area contributed by atoms with Crippen molar-refractivity contribution in [2.75, 3.05) is 20.8 Å². The second-order valence-electron chi connectivity index (χ2n) is 6.58. The molecule has 0 aliphatic rings. The zero-order valence-corrected chi connectivity index (χ0v) is 16.7. The van der Waals surface area contributed by atoms with E-state index in [-0.39, 0.29) is 0 Å². The molecule has 0 spiro atoms. The number of halogens is 1. The molecule has 1 N–H and O–H groups in total. The molecule has 0 fully saturated rings. The Morgan fingerprint density at radius 2 is 1.62 bits per heavy atom. The van der Waals surface area contributed by atoms with Gasteiger partial charge in [-0.3, -0.25) is 0 Å². The first-order valence-electron chi connectivity index (χ1n) is 8.86. The molecule has 0 amide bonds. The molecule has 26 heavy (non-hydrogen) atoms. The predicted molar refractivity (Wildman–Crippen MR) is 106 cm³/mol. The third-order valence-corrected chi connectivity index (χ3v) is 4.44. The van der Waals surface area contributed by atoms with Gasteiger partial charge in [-0.05, 0) is 41.7 Å².